The van der Waals surface area contributed by atoms with Gasteiger partial charge in [-0.05, 0) is 23.9 Å². The SMILES string of the molecule is N#Cc1ccnc(OC2CCN(S(=O)(=O)c3cccs3)C2)c1. The van der Waals surface area contributed by atoms with Gasteiger partial charge in [0.15, 0.2) is 0 Å². The first-order valence-corrected chi connectivity index (χ1v) is 8.98. The van der Waals surface area contributed by atoms with Gasteiger partial charge in [0.2, 0.25) is 5.88 Å². The molecule has 2 aromatic rings. The van der Waals surface area contributed by atoms with Crippen molar-refractivity contribution in [1.82, 2.24) is 9.29 Å². The van der Waals surface area contributed by atoms with Crippen LogP contribution in [0.25, 0.3) is 0 Å². The quantitative estimate of drug-likeness (QED) is 0.851. The molecule has 0 spiro atoms. The summed E-state index contributed by atoms with van der Waals surface area (Å²) < 4.78 is 32.3. The van der Waals surface area contributed by atoms with E-state index in [1.807, 2.05) is 6.07 Å². The molecule has 8 heteroatoms. The molecular weight excluding hydrogens is 322 g/mol. The van der Waals surface area contributed by atoms with Crippen molar-refractivity contribution in [2.24, 2.45) is 0 Å². The Morgan fingerprint density at radius 3 is 3.05 bits per heavy atom. The second-order valence-electron chi connectivity index (χ2n) is 4.82. The van der Waals surface area contributed by atoms with Crippen LogP contribution >= 0.6 is 11.3 Å². The van der Waals surface area contributed by atoms with E-state index in [1.54, 1.807) is 29.6 Å². The number of ether oxygens (including phenoxy) is 1. The maximum atomic E-state index is 12.4. The maximum absolute atomic E-state index is 12.4. The molecule has 0 amide bonds. The zero-order valence-electron chi connectivity index (χ0n) is 11.5. The number of rotatable bonds is 4. The summed E-state index contributed by atoms with van der Waals surface area (Å²) in [4.78, 5) is 4.05. The lowest BCUT2D eigenvalue weighted by Crippen LogP contribution is -2.30. The van der Waals surface area contributed by atoms with Crippen LogP contribution in [0.15, 0.2) is 40.1 Å². The summed E-state index contributed by atoms with van der Waals surface area (Å²) in [5.41, 5.74) is 0.464. The standard InChI is InChI=1S/C14H13N3O3S2/c15-9-11-3-5-16-13(8-11)20-12-4-6-17(10-12)22(18,19)14-2-1-7-21-14/h1-3,5,7-8,12H,4,6,10H2. The molecule has 3 heterocycles. The summed E-state index contributed by atoms with van der Waals surface area (Å²) in [5, 5.41) is 10.6. The second-order valence-corrected chi connectivity index (χ2v) is 7.93. The number of nitriles is 1. The summed E-state index contributed by atoms with van der Waals surface area (Å²) in [6.07, 6.45) is 1.85. The van der Waals surface area contributed by atoms with E-state index in [-0.39, 0.29) is 6.10 Å². The second kappa shape index (κ2) is 6.04. The fourth-order valence-electron chi connectivity index (χ4n) is 2.26. The molecule has 0 bridgehead atoms. The van der Waals surface area contributed by atoms with Gasteiger partial charge in [0.25, 0.3) is 10.0 Å². The molecule has 1 saturated heterocycles. The minimum atomic E-state index is -3.43. The Morgan fingerprint density at radius 1 is 1.45 bits per heavy atom. The Bertz CT molecular complexity index is 797. The van der Waals surface area contributed by atoms with E-state index in [2.05, 4.69) is 4.98 Å². The average molecular weight is 335 g/mol. The lowest BCUT2D eigenvalue weighted by molar-refractivity contribution is 0.207. The number of pyridine rings is 1. The highest BCUT2D eigenvalue weighted by molar-refractivity contribution is 7.91. The first-order valence-electron chi connectivity index (χ1n) is 6.66. The molecule has 0 saturated carbocycles. The van der Waals surface area contributed by atoms with Crippen LogP contribution in [0.5, 0.6) is 5.88 Å². The minimum Gasteiger partial charge on any atom is -0.473 e. The summed E-state index contributed by atoms with van der Waals surface area (Å²) in [5.74, 6) is 0.347. The number of nitrogens with zero attached hydrogens (tertiary/aromatic N) is 3. The average Bonchev–Trinajstić information content (AvgIpc) is 3.19. The highest BCUT2D eigenvalue weighted by Crippen LogP contribution is 2.26. The summed E-state index contributed by atoms with van der Waals surface area (Å²) in [6.45, 7) is 0.710. The Labute approximate surface area is 132 Å². The number of aromatic nitrogens is 1. The number of hydrogen-bond donors (Lipinski definition) is 0. The van der Waals surface area contributed by atoms with Crippen LogP contribution in [0.3, 0.4) is 0 Å². The van der Waals surface area contributed by atoms with E-state index in [0.29, 0.717) is 35.2 Å². The third-order valence-corrected chi connectivity index (χ3v) is 6.59. The smallest absolute Gasteiger partial charge is 0.252 e. The monoisotopic (exact) mass is 335 g/mol. The maximum Gasteiger partial charge on any atom is 0.252 e. The highest BCUT2D eigenvalue weighted by atomic mass is 32.2. The van der Waals surface area contributed by atoms with Gasteiger partial charge in [0, 0.05) is 18.8 Å². The van der Waals surface area contributed by atoms with Crippen molar-refractivity contribution < 1.29 is 13.2 Å². The minimum absolute atomic E-state index is 0.254. The normalized spacial score (nSPS) is 19.0. The highest BCUT2D eigenvalue weighted by Gasteiger charge is 2.34. The molecule has 6 nitrogen and oxygen atoms in total. The zero-order valence-corrected chi connectivity index (χ0v) is 13.2. The summed E-state index contributed by atoms with van der Waals surface area (Å²) in [7, 11) is -3.43. The fourth-order valence-corrected chi connectivity index (χ4v) is 4.89. The fraction of sp³-hybridized carbons (Fsp3) is 0.286. The van der Waals surface area contributed by atoms with Gasteiger partial charge in [-0.25, -0.2) is 13.4 Å². The molecule has 0 N–H and O–H groups in total. The molecule has 1 aliphatic heterocycles. The third-order valence-electron chi connectivity index (χ3n) is 3.35. The van der Waals surface area contributed by atoms with Crippen molar-refractivity contribution in [1.29, 1.82) is 5.26 Å². The molecule has 3 rings (SSSR count). The van der Waals surface area contributed by atoms with Crippen LogP contribution in [0.1, 0.15) is 12.0 Å². The first-order chi connectivity index (χ1) is 10.6. The molecule has 0 aliphatic carbocycles. The number of thiophene rings is 1. The van der Waals surface area contributed by atoms with Crippen LogP contribution in [0.2, 0.25) is 0 Å². The summed E-state index contributed by atoms with van der Waals surface area (Å²) in [6, 6.07) is 8.49. The van der Waals surface area contributed by atoms with Crippen molar-refractivity contribution >= 4 is 21.4 Å². The van der Waals surface area contributed by atoms with Gasteiger partial charge in [0.1, 0.15) is 10.3 Å². The Hall–Kier alpha value is -1.95. The Morgan fingerprint density at radius 2 is 2.32 bits per heavy atom. The van der Waals surface area contributed by atoms with E-state index >= 15 is 0 Å². The summed E-state index contributed by atoms with van der Waals surface area (Å²) >= 11 is 1.21. The molecule has 1 unspecified atom stereocenters. The van der Waals surface area contributed by atoms with Crippen LogP contribution in [-0.4, -0.2) is 36.9 Å². The van der Waals surface area contributed by atoms with Gasteiger partial charge in [-0.1, -0.05) is 6.07 Å². The van der Waals surface area contributed by atoms with E-state index in [0.717, 1.165) is 0 Å². The zero-order chi connectivity index (χ0) is 15.6. The van der Waals surface area contributed by atoms with Gasteiger partial charge >= 0.3 is 0 Å². The molecule has 2 aromatic heterocycles. The van der Waals surface area contributed by atoms with E-state index in [9.17, 15) is 8.42 Å². The third kappa shape index (κ3) is 2.97. The molecule has 22 heavy (non-hydrogen) atoms. The van der Waals surface area contributed by atoms with E-state index in [1.165, 1.54) is 21.8 Å². The van der Waals surface area contributed by atoms with Crippen LogP contribution < -0.4 is 4.74 Å². The first kappa shape index (κ1) is 15.0. The molecular formula is C14H13N3O3S2. The largest absolute Gasteiger partial charge is 0.473 e. The van der Waals surface area contributed by atoms with Crippen molar-refractivity contribution in [2.75, 3.05) is 13.1 Å². The van der Waals surface area contributed by atoms with Gasteiger partial charge in [-0.3, -0.25) is 0 Å². The molecule has 114 valence electrons. The predicted octanol–water partition coefficient (Wildman–Crippen LogP) is 1.86. The van der Waals surface area contributed by atoms with Gasteiger partial charge in [0.05, 0.1) is 18.2 Å². The molecule has 1 aliphatic rings. The van der Waals surface area contributed by atoms with E-state index in [4.69, 9.17) is 10.00 Å². The molecule has 1 fully saturated rings. The lowest BCUT2D eigenvalue weighted by Gasteiger charge is -2.16. The lowest BCUT2D eigenvalue weighted by atomic mass is 10.3. The van der Waals surface area contributed by atoms with Gasteiger partial charge in [-0.2, -0.15) is 9.57 Å². The van der Waals surface area contributed by atoms with Gasteiger partial charge in [-0.15, -0.1) is 11.3 Å². The Balaban J connectivity index is 1.69. The molecule has 0 aromatic carbocycles. The molecule has 1 atom stereocenters. The van der Waals surface area contributed by atoms with Crippen LogP contribution in [0.4, 0.5) is 0 Å². The number of hydrogen-bond acceptors (Lipinski definition) is 6. The molecule has 0 radical (unpaired) electrons. The number of sulfonamides is 1. The van der Waals surface area contributed by atoms with Crippen molar-refractivity contribution in [2.45, 2.75) is 16.7 Å². The van der Waals surface area contributed by atoms with Crippen molar-refractivity contribution in [3.05, 3.63) is 41.4 Å². The van der Waals surface area contributed by atoms with E-state index < -0.39 is 10.0 Å². The van der Waals surface area contributed by atoms with Crippen LogP contribution in [-0.2, 0) is 10.0 Å². The Kier molecular flexibility index (Phi) is 4.11. The van der Waals surface area contributed by atoms with Crippen molar-refractivity contribution in [3.63, 3.8) is 0 Å². The van der Waals surface area contributed by atoms with Crippen LogP contribution in [0, 0.1) is 11.3 Å². The van der Waals surface area contributed by atoms with Crippen molar-refractivity contribution in [3.8, 4) is 11.9 Å². The van der Waals surface area contributed by atoms with Gasteiger partial charge < -0.3 is 4.74 Å². The predicted molar refractivity (Wildman–Crippen MR) is 81.1 cm³/mol. The topological polar surface area (TPSA) is 83.3 Å².